The Morgan fingerprint density at radius 2 is 2.27 bits per heavy atom. The van der Waals surface area contributed by atoms with Crippen LogP contribution in [-0.2, 0) is 4.74 Å². The largest absolute Gasteiger partial charge is 0.358 e. The van der Waals surface area contributed by atoms with Gasteiger partial charge >= 0.3 is 0 Å². The van der Waals surface area contributed by atoms with Gasteiger partial charge in [0.05, 0.1) is 16.7 Å². The summed E-state index contributed by atoms with van der Waals surface area (Å²) in [6, 6.07) is 3.40. The van der Waals surface area contributed by atoms with Gasteiger partial charge in [-0.25, -0.2) is 9.07 Å². The minimum absolute atomic E-state index is 0.00103. The highest BCUT2D eigenvalue weighted by atomic mass is 35.5. The van der Waals surface area contributed by atoms with Gasteiger partial charge in [-0.3, -0.25) is 0 Å². The molecule has 3 heterocycles. The Morgan fingerprint density at radius 3 is 3.09 bits per heavy atom. The van der Waals surface area contributed by atoms with E-state index in [1.54, 1.807) is 18.5 Å². The third-order valence-electron chi connectivity index (χ3n) is 4.11. The van der Waals surface area contributed by atoms with Crippen LogP contribution >= 0.6 is 11.6 Å². The smallest absolute Gasteiger partial charge is 0.165 e. The van der Waals surface area contributed by atoms with E-state index in [0.717, 1.165) is 42.4 Å². The van der Waals surface area contributed by atoms with Crippen LogP contribution in [0.5, 0.6) is 0 Å². The zero-order chi connectivity index (χ0) is 15.1. The fourth-order valence-corrected chi connectivity index (χ4v) is 3.10. The molecule has 0 radical (unpaired) electrons. The topological polar surface area (TPSA) is 42.8 Å². The molecule has 1 fully saturated rings. The zero-order valence-corrected chi connectivity index (χ0v) is 12.6. The molecule has 1 N–H and O–H groups in total. The molecule has 114 valence electrons. The summed E-state index contributed by atoms with van der Waals surface area (Å²) in [7, 11) is 0. The predicted molar refractivity (Wildman–Crippen MR) is 83.3 cm³/mol. The van der Waals surface area contributed by atoms with Crippen molar-refractivity contribution in [2.45, 2.75) is 25.5 Å². The summed E-state index contributed by atoms with van der Waals surface area (Å²) in [5.74, 6) is -0.423. The van der Waals surface area contributed by atoms with Gasteiger partial charge in [-0.15, -0.1) is 0 Å². The highest BCUT2D eigenvalue weighted by Gasteiger charge is 2.18. The first kappa shape index (κ1) is 13.8. The Bertz CT molecular complexity index is 820. The quantitative estimate of drug-likeness (QED) is 0.754. The number of benzene rings is 1. The highest BCUT2D eigenvalue weighted by Crippen LogP contribution is 2.33. The van der Waals surface area contributed by atoms with E-state index in [4.69, 9.17) is 16.3 Å². The maximum absolute atomic E-state index is 14.0. The fraction of sp³-hybridized carbons (Fsp3) is 0.312. The molecule has 4 nitrogen and oxygen atoms in total. The summed E-state index contributed by atoms with van der Waals surface area (Å²) in [5.41, 5.74) is 2.26. The van der Waals surface area contributed by atoms with Crippen LogP contribution in [0.25, 0.3) is 22.0 Å². The number of H-pyrrole nitrogens is 1. The first-order chi connectivity index (χ1) is 10.7. The average Bonchev–Trinajstić information content (AvgIpc) is 3.18. The van der Waals surface area contributed by atoms with Crippen LogP contribution in [0.15, 0.2) is 30.7 Å². The maximum Gasteiger partial charge on any atom is 0.165 e. The van der Waals surface area contributed by atoms with Crippen molar-refractivity contribution < 1.29 is 9.13 Å². The van der Waals surface area contributed by atoms with Crippen molar-refractivity contribution in [1.29, 1.82) is 0 Å². The van der Waals surface area contributed by atoms with E-state index in [0.29, 0.717) is 5.52 Å². The van der Waals surface area contributed by atoms with Gasteiger partial charge in [0.25, 0.3) is 0 Å². The predicted octanol–water partition coefficient (Wildman–Crippen LogP) is 4.52. The van der Waals surface area contributed by atoms with Crippen LogP contribution in [0.1, 0.15) is 25.5 Å². The van der Waals surface area contributed by atoms with Gasteiger partial charge in [-0.2, -0.15) is 5.10 Å². The van der Waals surface area contributed by atoms with Crippen molar-refractivity contribution in [1.82, 2.24) is 14.8 Å². The monoisotopic (exact) mass is 319 g/mol. The second-order valence-corrected chi connectivity index (χ2v) is 5.92. The zero-order valence-electron chi connectivity index (χ0n) is 11.9. The summed E-state index contributed by atoms with van der Waals surface area (Å²) in [4.78, 5) is 2.96. The number of ether oxygens (including phenoxy) is 1. The number of fused-ring (bicyclic) bond motifs is 1. The molecule has 1 aliphatic rings. The van der Waals surface area contributed by atoms with Crippen molar-refractivity contribution in [2.24, 2.45) is 0 Å². The van der Waals surface area contributed by atoms with E-state index in [1.165, 1.54) is 0 Å². The van der Waals surface area contributed by atoms with Crippen molar-refractivity contribution in [3.8, 4) is 11.1 Å². The van der Waals surface area contributed by atoms with E-state index in [2.05, 4.69) is 10.1 Å². The first-order valence-corrected chi connectivity index (χ1v) is 7.73. The van der Waals surface area contributed by atoms with Gasteiger partial charge in [0.2, 0.25) is 0 Å². The molecule has 0 saturated carbocycles. The number of nitrogens with one attached hydrogen (secondary N) is 1. The standard InChI is InChI=1S/C16H15ClFN3O/c17-13-5-4-11-12(8-19-16(11)15(13)18)10-7-20-21(9-10)14-3-1-2-6-22-14/h4-5,7-9,14,19H,1-3,6H2. The number of hydrogen-bond donors (Lipinski definition) is 1. The molecule has 22 heavy (non-hydrogen) atoms. The summed E-state index contributed by atoms with van der Waals surface area (Å²) < 4.78 is 21.6. The van der Waals surface area contributed by atoms with E-state index in [1.807, 2.05) is 16.9 Å². The summed E-state index contributed by atoms with van der Waals surface area (Å²) in [5, 5.41) is 5.32. The van der Waals surface area contributed by atoms with Gasteiger partial charge < -0.3 is 9.72 Å². The lowest BCUT2D eigenvalue weighted by molar-refractivity contribution is -0.0394. The number of aromatic amines is 1. The van der Waals surface area contributed by atoms with E-state index >= 15 is 0 Å². The minimum Gasteiger partial charge on any atom is -0.358 e. The molecule has 4 rings (SSSR count). The summed E-state index contributed by atoms with van der Waals surface area (Å²) in [6.07, 6.45) is 8.74. The SMILES string of the molecule is Fc1c(Cl)ccc2c(-c3cnn(C4CCCCO4)c3)c[nH]c12. The molecule has 0 spiro atoms. The minimum atomic E-state index is -0.423. The molecule has 1 aliphatic heterocycles. The Morgan fingerprint density at radius 1 is 1.36 bits per heavy atom. The molecule has 0 bridgehead atoms. The van der Waals surface area contributed by atoms with Gasteiger partial charge in [0, 0.05) is 35.5 Å². The number of rotatable bonds is 2. The van der Waals surface area contributed by atoms with E-state index < -0.39 is 5.82 Å². The Kier molecular flexibility index (Phi) is 3.39. The van der Waals surface area contributed by atoms with Gasteiger partial charge in [-0.1, -0.05) is 17.7 Å². The second kappa shape index (κ2) is 5.41. The van der Waals surface area contributed by atoms with Crippen molar-refractivity contribution in [2.75, 3.05) is 6.61 Å². The molecule has 0 amide bonds. The van der Waals surface area contributed by atoms with Crippen LogP contribution in [0.2, 0.25) is 5.02 Å². The molecular weight excluding hydrogens is 305 g/mol. The molecule has 1 atom stereocenters. The van der Waals surface area contributed by atoms with Crippen LogP contribution in [-0.4, -0.2) is 21.4 Å². The van der Waals surface area contributed by atoms with Crippen LogP contribution < -0.4 is 0 Å². The Balaban J connectivity index is 1.73. The number of halogens is 2. The van der Waals surface area contributed by atoms with E-state index in [9.17, 15) is 4.39 Å². The van der Waals surface area contributed by atoms with Crippen molar-refractivity contribution in [3.05, 3.63) is 41.6 Å². The molecule has 1 saturated heterocycles. The van der Waals surface area contributed by atoms with Gasteiger partial charge in [-0.05, 0) is 25.3 Å². The first-order valence-electron chi connectivity index (χ1n) is 7.35. The lowest BCUT2D eigenvalue weighted by Gasteiger charge is -2.22. The molecular formula is C16H15ClFN3O. The van der Waals surface area contributed by atoms with E-state index in [-0.39, 0.29) is 11.3 Å². The van der Waals surface area contributed by atoms with Gasteiger partial charge in [0.15, 0.2) is 5.82 Å². The Hall–Kier alpha value is -1.85. The van der Waals surface area contributed by atoms with Crippen molar-refractivity contribution in [3.63, 3.8) is 0 Å². The third kappa shape index (κ3) is 2.21. The fourth-order valence-electron chi connectivity index (χ4n) is 2.94. The summed E-state index contributed by atoms with van der Waals surface area (Å²) in [6.45, 7) is 0.774. The van der Waals surface area contributed by atoms with Crippen LogP contribution in [0.3, 0.4) is 0 Å². The normalized spacial score (nSPS) is 18.9. The lowest BCUT2D eigenvalue weighted by atomic mass is 10.1. The molecule has 0 aliphatic carbocycles. The molecule has 2 aromatic heterocycles. The lowest BCUT2D eigenvalue weighted by Crippen LogP contribution is -2.18. The van der Waals surface area contributed by atoms with Crippen LogP contribution in [0, 0.1) is 5.82 Å². The summed E-state index contributed by atoms with van der Waals surface area (Å²) >= 11 is 5.82. The molecule has 6 heteroatoms. The molecule has 3 aromatic rings. The second-order valence-electron chi connectivity index (χ2n) is 5.52. The molecule has 1 unspecified atom stereocenters. The van der Waals surface area contributed by atoms with Crippen molar-refractivity contribution >= 4 is 22.5 Å². The number of nitrogens with zero attached hydrogens (tertiary/aromatic N) is 2. The van der Waals surface area contributed by atoms with Gasteiger partial charge in [0.1, 0.15) is 6.23 Å². The average molecular weight is 320 g/mol. The number of aromatic nitrogens is 3. The Labute approximate surface area is 131 Å². The maximum atomic E-state index is 14.0. The van der Waals surface area contributed by atoms with Crippen LogP contribution in [0.4, 0.5) is 4.39 Å². The third-order valence-corrected chi connectivity index (χ3v) is 4.40. The molecule has 1 aromatic carbocycles. The highest BCUT2D eigenvalue weighted by molar-refractivity contribution is 6.31. The number of hydrogen-bond acceptors (Lipinski definition) is 2.